The highest BCUT2D eigenvalue weighted by Crippen LogP contribution is 2.47. The molecule has 1 aromatic carbocycles. The first-order chi connectivity index (χ1) is 9.26. The molecule has 0 bridgehead atoms. The fraction of sp³-hybridized carbons (Fsp3) is 0.467. The van der Waals surface area contributed by atoms with Gasteiger partial charge in [-0.05, 0) is 36.6 Å². The summed E-state index contributed by atoms with van der Waals surface area (Å²) in [6.45, 7) is 2.26. The zero-order chi connectivity index (χ0) is 12.9. The molecule has 98 valence electrons. The van der Waals surface area contributed by atoms with E-state index in [2.05, 4.69) is 20.9 Å². The van der Waals surface area contributed by atoms with Gasteiger partial charge in [0, 0.05) is 23.9 Å². The molecule has 0 atom stereocenters. The van der Waals surface area contributed by atoms with Crippen molar-refractivity contribution in [1.29, 1.82) is 0 Å². The monoisotopic (exact) mass is 273 g/mol. The summed E-state index contributed by atoms with van der Waals surface area (Å²) in [7, 11) is 0. The van der Waals surface area contributed by atoms with Crippen molar-refractivity contribution in [3.8, 4) is 0 Å². The number of fused-ring (bicyclic) bond motifs is 1. The number of anilines is 1. The third-order valence-electron chi connectivity index (χ3n) is 4.57. The SMILES string of the molecule is Clc1nc(N2CC3(CCCC3)C2)c2ccccc2n1. The van der Waals surface area contributed by atoms with Crippen LogP contribution in [-0.4, -0.2) is 23.1 Å². The minimum Gasteiger partial charge on any atom is -0.355 e. The van der Waals surface area contributed by atoms with E-state index in [1.807, 2.05) is 18.2 Å². The van der Waals surface area contributed by atoms with Crippen LogP contribution < -0.4 is 4.90 Å². The van der Waals surface area contributed by atoms with Crippen LogP contribution in [0.4, 0.5) is 5.82 Å². The first-order valence-corrected chi connectivity index (χ1v) is 7.31. The minimum absolute atomic E-state index is 0.348. The Kier molecular flexibility index (Phi) is 2.46. The quantitative estimate of drug-likeness (QED) is 0.743. The van der Waals surface area contributed by atoms with Gasteiger partial charge < -0.3 is 4.90 Å². The summed E-state index contributed by atoms with van der Waals surface area (Å²) in [6, 6.07) is 8.11. The van der Waals surface area contributed by atoms with E-state index in [1.165, 1.54) is 25.7 Å². The molecular formula is C15H16ClN3. The summed E-state index contributed by atoms with van der Waals surface area (Å²) >= 11 is 6.05. The molecule has 1 aromatic heterocycles. The molecular weight excluding hydrogens is 258 g/mol. The van der Waals surface area contributed by atoms with Crippen LogP contribution in [-0.2, 0) is 0 Å². The molecule has 2 heterocycles. The summed E-state index contributed by atoms with van der Waals surface area (Å²) in [4.78, 5) is 11.1. The van der Waals surface area contributed by atoms with Crippen molar-refractivity contribution in [2.45, 2.75) is 25.7 Å². The van der Waals surface area contributed by atoms with Crippen LogP contribution >= 0.6 is 11.6 Å². The molecule has 19 heavy (non-hydrogen) atoms. The van der Waals surface area contributed by atoms with Gasteiger partial charge in [-0.1, -0.05) is 25.0 Å². The molecule has 0 N–H and O–H groups in total. The number of halogens is 1. The first kappa shape index (κ1) is 11.5. The van der Waals surface area contributed by atoms with E-state index in [-0.39, 0.29) is 0 Å². The number of nitrogens with zero attached hydrogens (tertiary/aromatic N) is 3. The highest BCUT2D eigenvalue weighted by atomic mass is 35.5. The van der Waals surface area contributed by atoms with Crippen molar-refractivity contribution in [2.24, 2.45) is 5.41 Å². The lowest BCUT2D eigenvalue weighted by Gasteiger charge is -2.49. The van der Waals surface area contributed by atoms with Crippen molar-refractivity contribution in [3.63, 3.8) is 0 Å². The van der Waals surface area contributed by atoms with E-state index in [0.717, 1.165) is 29.8 Å². The maximum Gasteiger partial charge on any atom is 0.224 e. The predicted octanol–water partition coefficient (Wildman–Crippen LogP) is 3.66. The van der Waals surface area contributed by atoms with E-state index in [0.29, 0.717) is 10.7 Å². The second-order valence-electron chi connectivity index (χ2n) is 5.90. The highest BCUT2D eigenvalue weighted by Gasteiger charge is 2.45. The van der Waals surface area contributed by atoms with Crippen LogP contribution in [0.1, 0.15) is 25.7 Å². The standard InChI is InChI=1S/C15H16ClN3/c16-14-17-12-6-2-1-5-11(12)13(18-14)19-9-15(10-19)7-3-4-8-15/h1-2,5-6H,3-4,7-10H2. The number of rotatable bonds is 1. The van der Waals surface area contributed by atoms with Gasteiger partial charge >= 0.3 is 0 Å². The number of benzene rings is 1. The number of para-hydroxylation sites is 1. The van der Waals surface area contributed by atoms with Crippen LogP contribution in [0.25, 0.3) is 10.9 Å². The Bertz CT molecular complexity index is 626. The molecule has 1 aliphatic heterocycles. The second-order valence-corrected chi connectivity index (χ2v) is 6.23. The van der Waals surface area contributed by atoms with Gasteiger partial charge in [0.25, 0.3) is 0 Å². The first-order valence-electron chi connectivity index (χ1n) is 6.93. The molecule has 2 aliphatic rings. The lowest BCUT2D eigenvalue weighted by molar-refractivity contribution is 0.221. The van der Waals surface area contributed by atoms with Crippen LogP contribution in [0.5, 0.6) is 0 Å². The highest BCUT2D eigenvalue weighted by molar-refractivity contribution is 6.28. The van der Waals surface area contributed by atoms with Crippen molar-refractivity contribution < 1.29 is 0 Å². The molecule has 1 saturated heterocycles. The Morgan fingerprint density at radius 3 is 2.58 bits per heavy atom. The van der Waals surface area contributed by atoms with Gasteiger partial charge in [0.1, 0.15) is 5.82 Å². The Balaban J connectivity index is 1.72. The zero-order valence-electron chi connectivity index (χ0n) is 10.8. The molecule has 2 fully saturated rings. The topological polar surface area (TPSA) is 29.0 Å². The normalized spacial score (nSPS) is 21.0. The third-order valence-corrected chi connectivity index (χ3v) is 4.74. The Morgan fingerprint density at radius 1 is 1.05 bits per heavy atom. The number of hydrogen-bond donors (Lipinski definition) is 0. The second kappa shape index (κ2) is 4.07. The smallest absolute Gasteiger partial charge is 0.224 e. The van der Waals surface area contributed by atoms with Crippen molar-refractivity contribution in [1.82, 2.24) is 9.97 Å². The number of hydrogen-bond acceptors (Lipinski definition) is 3. The summed E-state index contributed by atoms with van der Waals surface area (Å²) in [5.41, 5.74) is 1.50. The van der Waals surface area contributed by atoms with Gasteiger partial charge in [0.15, 0.2) is 0 Å². The van der Waals surface area contributed by atoms with E-state index in [4.69, 9.17) is 11.6 Å². The number of aromatic nitrogens is 2. The average molecular weight is 274 g/mol. The zero-order valence-corrected chi connectivity index (χ0v) is 11.5. The van der Waals surface area contributed by atoms with E-state index in [1.54, 1.807) is 0 Å². The molecule has 2 aromatic rings. The van der Waals surface area contributed by atoms with Gasteiger partial charge in [-0.2, -0.15) is 4.98 Å². The van der Waals surface area contributed by atoms with Gasteiger partial charge in [-0.3, -0.25) is 0 Å². The van der Waals surface area contributed by atoms with Crippen LogP contribution in [0, 0.1) is 5.41 Å². The van der Waals surface area contributed by atoms with Gasteiger partial charge in [0.2, 0.25) is 5.28 Å². The lowest BCUT2D eigenvalue weighted by atomic mass is 9.78. The summed E-state index contributed by atoms with van der Waals surface area (Å²) in [5.74, 6) is 1.01. The molecule has 0 radical (unpaired) electrons. The van der Waals surface area contributed by atoms with Gasteiger partial charge in [0.05, 0.1) is 5.52 Å². The molecule has 0 unspecified atom stereocenters. The molecule has 1 spiro atoms. The van der Waals surface area contributed by atoms with E-state index in [9.17, 15) is 0 Å². The maximum atomic E-state index is 6.05. The van der Waals surface area contributed by atoms with Gasteiger partial charge in [-0.15, -0.1) is 0 Å². The molecule has 1 aliphatic carbocycles. The van der Waals surface area contributed by atoms with Crippen LogP contribution in [0.3, 0.4) is 0 Å². The predicted molar refractivity (Wildman–Crippen MR) is 77.7 cm³/mol. The van der Waals surface area contributed by atoms with E-state index < -0.39 is 0 Å². The lowest BCUT2D eigenvalue weighted by Crippen LogP contribution is -2.55. The molecule has 4 heteroatoms. The molecule has 1 saturated carbocycles. The van der Waals surface area contributed by atoms with Crippen LogP contribution in [0.15, 0.2) is 24.3 Å². The Hall–Kier alpha value is -1.35. The Morgan fingerprint density at radius 2 is 1.79 bits per heavy atom. The Labute approximate surface area is 117 Å². The average Bonchev–Trinajstić information content (AvgIpc) is 2.85. The van der Waals surface area contributed by atoms with Crippen molar-refractivity contribution in [3.05, 3.63) is 29.5 Å². The summed E-state index contributed by atoms with van der Waals surface area (Å²) in [6.07, 6.45) is 5.53. The largest absolute Gasteiger partial charge is 0.355 e. The third kappa shape index (κ3) is 1.79. The molecule has 3 nitrogen and oxygen atoms in total. The van der Waals surface area contributed by atoms with Gasteiger partial charge in [-0.25, -0.2) is 4.98 Å². The van der Waals surface area contributed by atoms with Crippen molar-refractivity contribution >= 4 is 28.3 Å². The molecule has 0 amide bonds. The molecule has 4 rings (SSSR count). The summed E-state index contributed by atoms with van der Waals surface area (Å²) in [5, 5.41) is 1.46. The fourth-order valence-electron chi connectivity index (χ4n) is 3.63. The van der Waals surface area contributed by atoms with Crippen molar-refractivity contribution in [2.75, 3.05) is 18.0 Å². The van der Waals surface area contributed by atoms with E-state index >= 15 is 0 Å². The minimum atomic E-state index is 0.348. The summed E-state index contributed by atoms with van der Waals surface area (Å²) < 4.78 is 0. The fourth-order valence-corrected chi connectivity index (χ4v) is 3.80. The maximum absolute atomic E-state index is 6.05. The van der Waals surface area contributed by atoms with Crippen LogP contribution in [0.2, 0.25) is 5.28 Å².